The maximum atomic E-state index is 13.3. The number of sulfone groups is 1. The summed E-state index contributed by atoms with van der Waals surface area (Å²) in [5.41, 5.74) is 0.733. The molecule has 0 radical (unpaired) electrons. The zero-order chi connectivity index (χ0) is 18.9. The molecule has 0 amide bonds. The van der Waals surface area contributed by atoms with Gasteiger partial charge < -0.3 is 9.32 Å². The van der Waals surface area contributed by atoms with Gasteiger partial charge in [-0.15, -0.1) is 0 Å². The average Bonchev–Trinajstić information content (AvgIpc) is 3.16. The lowest BCUT2D eigenvalue weighted by Gasteiger charge is -2.26. The first kappa shape index (κ1) is 18.3. The second-order valence-electron chi connectivity index (χ2n) is 6.50. The molecule has 0 saturated carbocycles. The standard InChI is InChI=1S/C20H19BrN2O3S/c21-16-9-7-8-15(14-16)18-22-19(20(26-18)23-12-5-2-6-13-23)27(24,25)17-10-3-1-4-11-17/h1,3-4,7-11,14H,2,5-6,12-13H2. The molecule has 0 unspecified atom stereocenters. The summed E-state index contributed by atoms with van der Waals surface area (Å²) in [6.07, 6.45) is 3.17. The Labute approximate surface area is 167 Å². The summed E-state index contributed by atoms with van der Waals surface area (Å²) >= 11 is 3.44. The van der Waals surface area contributed by atoms with Crippen molar-refractivity contribution in [3.8, 4) is 11.5 Å². The molecule has 0 aliphatic carbocycles. The molecule has 27 heavy (non-hydrogen) atoms. The second kappa shape index (κ2) is 7.48. The van der Waals surface area contributed by atoms with Crippen LogP contribution >= 0.6 is 15.9 Å². The number of piperidine rings is 1. The van der Waals surface area contributed by atoms with Crippen molar-refractivity contribution in [1.29, 1.82) is 0 Å². The van der Waals surface area contributed by atoms with E-state index in [-0.39, 0.29) is 9.92 Å². The normalized spacial score (nSPS) is 15.1. The Bertz CT molecular complexity index is 1040. The van der Waals surface area contributed by atoms with Crippen LogP contribution in [0.15, 0.2) is 73.4 Å². The van der Waals surface area contributed by atoms with Crippen LogP contribution in [0.4, 0.5) is 5.88 Å². The predicted molar refractivity (Wildman–Crippen MR) is 108 cm³/mol. The third kappa shape index (κ3) is 3.66. The number of halogens is 1. The molecule has 0 atom stereocenters. The van der Waals surface area contributed by atoms with Gasteiger partial charge in [-0.05, 0) is 49.6 Å². The molecule has 7 heteroatoms. The van der Waals surface area contributed by atoms with Crippen molar-refractivity contribution in [3.63, 3.8) is 0 Å². The largest absolute Gasteiger partial charge is 0.419 e. The third-order valence-electron chi connectivity index (χ3n) is 4.60. The van der Waals surface area contributed by atoms with Crippen LogP contribution in [0.2, 0.25) is 0 Å². The van der Waals surface area contributed by atoms with Crippen LogP contribution in [-0.4, -0.2) is 26.5 Å². The molecule has 140 valence electrons. The van der Waals surface area contributed by atoms with E-state index in [1.807, 2.05) is 29.2 Å². The maximum Gasteiger partial charge on any atom is 0.236 e. The summed E-state index contributed by atoms with van der Waals surface area (Å²) in [7, 11) is -3.77. The average molecular weight is 447 g/mol. The molecule has 1 aliphatic rings. The number of hydrogen-bond acceptors (Lipinski definition) is 5. The van der Waals surface area contributed by atoms with E-state index in [0.717, 1.165) is 42.4 Å². The number of nitrogens with zero attached hydrogens (tertiary/aromatic N) is 2. The highest BCUT2D eigenvalue weighted by Gasteiger charge is 2.31. The molecule has 1 saturated heterocycles. The van der Waals surface area contributed by atoms with E-state index in [1.54, 1.807) is 30.3 Å². The first-order valence-electron chi connectivity index (χ1n) is 8.87. The van der Waals surface area contributed by atoms with Crippen molar-refractivity contribution in [2.45, 2.75) is 29.2 Å². The number of anilines is 1. The van der Waals surface area contributed by atoms with Crippen LogP contribution in [0.3, 0.4) is 0 Å². The molecule has 4 rings (SSSR count). The summed E-state index contributed by atoms with van der Waals surface area (Å²) in [6.45, 7) is 1.54. The van der Waals surface area contributed by atoms with Gasteiger partial charge in [-0.2, -0.15) is 4.98 Å². The van der Waals surface area contributed by atoms with E-state index in [4.69, 9.17) is 4.42 Å². The van der Waals surface area contributed by atoms with Crippen molar-refractivity contribution in [3.05, 3.63) is 59.1 Å². The molecule has 1 aromatic heterocycles. The lowest BCUT2D eigenvalue weighted by Crippen LogP contribution is -2.30. The van der Waals surface area contributed by atoms with Crippen molar-refractivity contribution in [2.75, 3.05) is 18.0 Å². The van der Waals surface area contributed by atoms with Gasteiger partial charge in [0.05, 0.1) is 4.90 Å². The van der Waals surface area contributed by atoms with Crippen LogP contribution < -0.4 is 4.90 Å². The van der Waals surface area contributed by atoms with E-state index in [9.17, 15) is 8.42 Å². The molecular formula is C20H19BrN2O3S. The molecule has 0 spiro atoms. The smallest absolute Gasteiger partial charge is 0.236 e. The fourth-order valence-corrected chi connectivity index (χ4v) is 4.97. The highest BCUT2D eigenvalue weighted by atomic mass is 79.9. The molecular weight excluding hydrogens is 428 g/mol. The van der Waals surface area contributed by atoms with Gasteiger partial charge in [-0.1, -0.05) is 40.2 Å². The summed E-state index contributed by atoms with van der Waals surface area (Å²) in [5.74, 6) is 0.653. The summed E-state index contributed by atoms with van der Waals surface area (Å²) in [5, 5.41) is -0.00873. The quantitative estimate of drug-likeness (QED) is 0.568. The Morgan fingerprint density at radius 1 is 0.963 bits per heavy atom. The van der Waals surface area contributed by atoms with Gasteiger partial charge in [0.15, 0.2) is 0 Å². The highest BCUT2D eigenvalue weighted by molar-refractivity contribution is 9.10. The zero-order valence-corrected chi connectivity index (χ0v) is 17.0. The molecule has 0 N–H and O–H groups in total. The van der Waals surface area contributed by atoms with Crippen molar-refractivity contribution in [2.24, 2.45) is 0 Å². The summed E-state index contributed by atoms with van der Waals surface area (Å²) < 4.78 is 33.4. The highest BCUT2D eigenvalue weighted by Crippen LogP contribution is 2.36. The van der Waals surface area contributed by atoms with Crippen molar-refractivity contribution >= 4 is 31.7 Å². The van der Waals surface area contributed by atoms with E-state index in [2.05, 4.69) is 20.9 Å². The first-order chi connectivity index (χ1) is 13.1. The molecule has 2 heterocycles. The first-order valence-corrected chi connectivity index (χ1v) is 11.2. The van der Waals surface area contributed by atoms with Crippen LogP contribution in [-0.2, 0) is 9.84 Å². The molecule has 1 fully saturated rings. The van der Waals surface area contributed by atoms with Gasteiger partial charge in [-0.25, -0.2) is 8.42 Å². The zero-order valence-electron chi connectivity index (χ0n) is 14.6. The predicted octanol–water partition coefficient (Wildman–Crippen LogP) is 4.93. The van der Waals surface area contributed by atoms with Gasteiger partial charge >= 0.3 is 0 Å². The van der Waals surface area contributed by atoms with E-state index in [1.165, 1.54) is 0 Å². The second-order valence-corrected chi connectivity index (χ2v) is 9.28. The summed E-state index contributed by atoms with van der Waals surface area (Å²) in [4.78, 5) is 6.64. The Balaban J connectivity index is 1.86. The van der Waals surface area contributed by atoms with Crippen LogP contribution in [0.1, 0.15) is 19.3 Å². The molecule has 2 aromatic carbocycles. The van der Waals surface area contributed by atoms with Crippen LogP contribution in [0.5, 0.6) is 0 Å². The Morgan fingerprint density at radius 2 is 1.70 bits per heavy atom. The Kier molecular flexibility index (Phi) is 5.06. The monoisotopic (exact) mass is 446 g/mol. The van der Waals surface area contributed by atoms with Gasteiger partial charge in [-0.3, -0.25) is 0 Å². The molecule has 3 aromatic rings. The number of rotatable bonds is 4. The molecule has 0 bridgehead atoms. The van der Waals surface area contributed by atoms with Crippen molar-refractivity contribution < 1.29 is 12.8 Å². The number of benzene rings is 2. The van der Waals surface area contributed by atoms with Gasteiger partial charge in [0.2, 0.25) is 26.6 Å². The van der Waals surface area contributed by atoms with E-state index in [0.29, 0.717) is 11.8 Å². The van der Waals surface area contributed by atoms with Gasteiger partial charge in [0.25, 0.3) is 0 Å². The number of hydrogen-bond donors (Lipinski definition) is 0. The lowest BCUT2D eigenvalue weighted by molar-refractivity contribution is 0.499. The molecule has 1 aliphatic heterocycles. The number of aromatic nitrogens is 1. The van der Waals surface area contributed by atoms with Gasteiger partial charge in [0, 0.05) is 23.1 Å². The topological polar surface area (TPSA) is 63.4 Å². The minimum Gasteiger partial charge on any atom is -0.419 e. The number of oxazole rings is 1. The Morgan fingerprint density at radius 3 is 2.41 bits per heavy atom. The fourth-order valence-electron chi connectivity index (χ4n) is 3.23. The lowest BCUT2D eigenvalue weighted by atomic mass is 10.1. The van der Waals surface area contributed by atoms with E-state index < -0.39 is 9.84 Å². The Hall–Kier alpha value is -2.12. The SMILES string of the molecule is O=S(=O)(c1ccccc1)c1nc(-c2cccc(Br)c2)oc1N1CCCCC1. The fraction of sp³-hybridized carbons (Fsp3) is 0.250. The minimum atomic E-state index is -3.77. The maximum absolute atomic E-state index is 13.3. The van der Waals surface area contributed by atoms with Gasteiger partial charge in [0.1, 0.15) is 0 Å². The van der Waals surface area contributed by atoms with E-state index >= 15 is 0 Å². The summed E-state index contributed by atoms with van der Waals surface area (Å²) in [6, 6.07) is 15.9. The minimum absolute atomic E-state index is 0.00873. The van der Waals surface area contributed by atoms with Crippen LogP contribution in [0.25, 0.3) is 11.5 Å². The third-order valence-corrected chi connectivity index (χ3v) is 6.76. The van der Waals surface area contributed by atoms with Crippen LogP contribution in [0, 0.1) is 0 Å². The van der Waals surface area contributed by atoms with Crippen molar-refractivity contribution in [1.82, 2.24) is 4.98 Å². The molecule has 5 nitrogen and oxygen atoms in total.